The van der Waals surface area contributed by atoms with Crippen molar-refractivity contribution in [1.82, 2.24) is 0 Å². The lowest BCUT2D eigenvalue weighted by atomic mass is 10.0. The van der Waals surface area contributed by atoms with Crippen LogP contribution in [0.5, 0.6) is 5.75 Å². The summed E-state index contributed by atoms with van der Waals surface area (Å²) in [4.78, 5) is 14.6. The summed E-state index contributed by atoms with van der Waals surface area (Å²) >= 11 is 0. The Morgan fingerprint density at radius 1 is 1.04 bits per heavy atom. The molecule has 0 bridgehead atoms. The minimum atomic E-state index is -0.480. The zero-order valence-corrected chi connectivity index (χ0v) is 15.6. The monoisotopic (exact) mass is 370 g/mol. The fourth-order valence-electron chi connectivity index (χ4n) is 3.95. The average molecular weight is 370 g/mol. The summed E-state index contributed by atoms with van der Waals surface area (Å²) in [5, 5.41) is 1.78. The molecule has 1 aliphatic heterocycles. The van der Waals surface area contributed by atoms with Gasteiger partial charge in [0.05, 0.1) is 5.56 Å². The molecule has 0 unspecified atom stereocenters. The average Bonchev–Trinajstić information content (AvgIpc) is 3.53. The molecule has 28 heavy (non-hydrogen) atoms. The highest BCUT2D eigenvalue weighted by Crippen LogP contribution is 2.38. The van der Waals surface area contributed by atoms with Gasteiger partial charge >= 0.3 is 0 Å². The van der Waals surface area contributed by atoms with Gasteiger partial charge in [-0.25, -0.2) is 0 Å². The van der Waals surface area contributed by atoms with E-state index in [1.165, 1.54) is 18.5 Å². The molecule has 4 nitrogen and oxygen atoms in total. The molecule has 1 heterocycles. The van der Waals surface area contributed by atoms with Crippen molar-refractivity contribution in [1.29, 1.82) is 0 Å². The van der Waals surface area contributed by atoms with E-state index >= 15 is 0 Å². The van der Waals surface area contributed by atoms with Gasteiger partial charge in [-0.2, -0.15) is 0 Å². The predicted octanol–water partition coefficient (Wildman–Crippen LogP) is 4.59. The van der Waals surface area contributed by atoms with Crippen LogP contribution < -0.4 is 15.4 Å². The normalized spacial score (nSPS) is 15.9. The minimum Gasteiger partial charge on any atom is -0.456 e. The van der Waals surface area contributed by atoms with Gasteiger partial charge in [-0.05, 0) is 53.8 Å². The molecule has 140 valence electrons. The molecule has 4 heteroatoms. The highest BCUT2D eigenvalue weighted by Gasteiger charge is 2.28. The molecular weight excluding hydrogens is 348 g/mol. The van der Waals surface area contributed by atoms with Crippen molar-refractivity contribution >= 4 is 28.1 Å². The number of ether oxygens (including phenoxy) is 1. The number of para-hydroxylation sites is 1. The van der Waals surface area contributed by atoms with E-state index in [2.05, 4.69) is 29.2 Å². The summed E-state index contributed by atoms with van der Waals surface area (Å²) in [6, 6.07) is 19.8. The second-order valence-electron chi connectivity index (χ2n) is 7.56. The Hall–Kier alpha value is -3.27. The van der Waals surface area contributed by atoms with Crippen molar-refractivity contribution in [3.8, 4) is 5.75 Å². The maximum atomic E-state index is 12.2. The van der Waals surface area contributed by atoms with Crippen molar-refractivity contribution in [2.45, 2.75) is 12.8 Å². The Morgan fingerprint density at radius 3 is 2.64 bits per heavy atom. The number of primary amides is 1. The van der Waals surface area contributed by atoms with Crippen LogP contribution in [-0.4, -0.2) is 19.0 Å². The number of hydrogen-bond acceptors (Lipinski definition) is 3. The highest BCUT2D eigenvalue weighted by molar-refractivity contribution is 6.09. The Bertz CT molecular complexity index is 1100. The number of amides is 1. The number of fused-ring (bicyclic) bond motifs is 2. The molecule has 0 atom stereocenters. The number of carbonyl (C=O) groups is 1. The molecule has 0 saturated heterocycles. The summed E-state index contributed by atoms with van der Waals surface area (Å²) in [7, 11) is 0. The van der Waals surface area contributed by atoms with Gasteiger partial charge in [0.15, 0.2) is 0 Å². The first kappa shape index (κ1) is 16.9. The molecule has 0 aromatic heterocycles. The van der Waals surface area contributed by atoms with Crippen molar-refractivity contribution in [3.05, 3.63) is 77.9 Å². The van der Waals surface area contributed by atoms with Crippen LogP contribution in [-0.2, 0) is 0 Å². The van der Waals surface area contributed by atoms with Gasteiger partial charge in [-0.1, -0.05) is 42.5 Å². The molecule has 2 N–H and O–H groups in total. The Labute approximate surface area is 164 Å². The molecule has 5 rings (SSSR count). The molecule has 1 fully saturated rings. The van der Waals surface area contributed by atoms with Crippen molar-refractivity contribution in [2.75, 3.05) is 18.0 Å². The lowest BCUT2D eigenvalue weighted by Crippen LogP contribution is -2.30. The maximum absolute atomic E-state index is 12.2. The fourth-order valence-corrected chi connectivity index (χ4v) is 3.95. The van der Waals surface area contributed by atoms with E-state index in [9.17, 15) is 4.79 Å². The largest absolute Gasteiger partial charge is 0.456 e. The number of carbonyl (C=O) groups excluding carboxylic acids is 1. The molecule has 2 aliphatic rings. The van der Waals surface area contributed by atoms with Crippen LogP contribution in [0.1, 0.15) is 28.8 Å². The van der Waals surface area contributed by atoms with Crippen LogP contribution >= 0.6 is 0 Å². The van der Waals surface area contributed by atoms with E-state index in [0.717, 1.165) is 41.1 Å². The third-order valence-corrected chi connectivity index (χ3v) is 5.54. The fraction of sp³-hybridized carbons (Fsp3) is 0.208. The second-order valence-corrected chi connectivity index (χ2v) is 7.56. The summed E-state index contributed by atoms with van der Waals surface area (Å²) in [5.41, 5.74) is 8.39. The maximum Gasteiger partial charge on any atom is 0.253 e. The number of hydrogen-bond donors (Lipinski definition) is 1. The number of nitrogens with zero attached hydrogens (tertiary/aromatic N) is 1. The first-order valence-electron chi connectivity index (χ1n) is 9.74. The Balaban J connectivity index is 1.54. The van der Waals surface area contributed by atoms with Crippen LogP contribution in [0.15, 0.2) is 66.7 Å². The second kappa shape index (κ2) is 6.71. The first-order valence-corrected chi connectivity index (χ1v) is 9.74. The zero-order valence-electron chi connectivity index (χ0n) is 15.6. The van der Waals surface area contributed by atoms with Crippen molar-refractivity contribution in [2.24, 2.45) is 11.7 Å². The number of rotatable bonds is 5. The van der Waals surface area contributed by atoms with Crippen molar-refractivity contribution in [3.63, 3.8) is 0 Å². The van der Waals surface area contributed by atoms with Gasteiger partial charge in [0, 0.05) is 24.3 Å². The van der Waals surface area contributed by atoms with E-state index in [4.69, 9.17) is 10.5 Å². The Morgan fingerprint density at radius 2 is 1.82 bits per heavy atom. The van der Waals surface area contributed by atoms with Gasteiger partial charge in [0.1, 0.15) is 11.5 Å². The third-order valence-electron chi connectivity index (χ3n) is 5.54. The van der Waals surface area contributed by atoms with Crippen LogP contribution in [0, 0.1) is 5.92 Å². The van der Waals surface area contributed by atoms with Crippen LogP contribution in [0.3, 0.4) is 0 Å². The van der Waals surface area contributed by atoms with Gasteiger partial charge in [0.2, 0.25) is 0 Å². The van der Waals surface area contributed by atoms with Crippen LogP contribution in [0.2, 0.25) is 0 Å². The number of nitrogens with two attached hydrogens (primary N) is 1. The Kier molecular flexibility index (Phi) is 4.05. The predicted molar refractivity (Wildman–Crippen MR) is 112 cm³/mol. The number of benzene rings is 3. The smallest absolute Gasteiger partial charge is 0.253 e. The lowest BCUT2D eigenvalue weighted by Gasteiger charge is -2.31. The van der Waals surface area contributed by atoms with E-state index in [-0.39, 0.29) is 0 Å². The zero-order chi connectivity index (χ0) is 19.1. The van der Waals surface area contributed by atoms with Crippen molar-refractivity contribution < 1.29 is 9.53 Å². The minimum absolute atomic E-state index is 0.428. The van der Waals surface area contributed by atoms with E-state index < -0.39 is 5.91 Å². The van der Waals surface area contributed by atoms with E-state index in [1.54, 1.807) is 0 Å². The quantitative estimate of drug-likeness (QED) is 0.715. The highest BCUT2D eigenvalue weighted by atomic mass is 16.5. The van der Waals surface area contributed by atoms with Gasteiger partial charge < -0.3 is 15.4 Å². The van der Waals surface area contributed by atoms with Gasteiger partial charge in [-0.15, -0.1) is 0 Å². The van der Waals surface area contributed by atoms with Gasteiger partial charge in [0.25, 0.3) is 5.91 Å². The van der Waals surface area contributed by atoms with E-state index in [1.807, 2.05) is 42.5 Å². The van der Waals surface area contributed by atoms with Gasteiger partial charge in [-0.3, -0.25) is 4.79 Å². The molecule has 1 amide bonds. The topological polar surface area (TPSA) is 55.6 Å². The molecule has 1 aliphatic carbocycles. The lowest BCUT2D eigenvalue weighted by molar-refractivity contribution is 0.1000. The van der Waals surface area contributed by atoms with E-state index in [0.29, 0.717) is 11.3 Å². The summed E-state index contributed by atoms with van der Waals surface area (Å²) < 4.78 is 6.28. The molecular formula is C24H22N2O2. The SMILES string of the molecule is NC(=O)c1c(OC2=CCN(CC3CC3)c3ccccc32)ccc2ccccc12. The standard InChI is InChI=1S/C24H22N2O2/c25-24(27)23-18-6-2-1-5-17(18)11-12-22(23)28-21-13-14-26(15-16-9-10-16)20-8-4-3-7-19(20)21/h1-8,11-13,16H,9-10,14-15H2,(H2,25,27). The summed E-state index contributed by atoms with van der Waals surface area (Å²) in [5.74, 6) is 1.61. The summed E-state index contributed by atoms with van der Waals surface area (Å²) in [6.45, 7) is 1.89. The summed E-state index contributed by atoms with van der Waals surface area (Å²) in [6.07, 6.45) is 4.75. The van der Waals surface area contributed by atoms with Crippen LogP contribution in [0.25, 0.3) is 16.5 Å². The molecule has 0 spiro atoms. The molecule has 1 saturated carbocycles. The molecule has 0 radical (unpaired) electrons. The van der Waals surface area contributed by atoms with Crippen LogP contribution in [0.4, 0.5) is 5.69 Å². The third kappa shape index (κ3) is 3.01. The molecule has 3 aromatic rings. The molecule has 3 aromatic carbocycles. The first-order chi connectivity index (χ1) is 13.7. The number of anilines is 1.